The summed E-state index contributed by atoms with van der Waals surface area (Å²) in [6.45, 7) is 4.01. The summed E-state index contributed by atoms with van der Waals surface area (Å²) in [7, 11) is 6.75. The summed E-state index contributed by atoms with van der Waals surface area (Å²) in [5.41, 5.74) is 1.73. The second-order valence-corrected chi connectivity index (χ2v) is 15.8. The number of benzene rings is 1. The van der Waals surface area contributed by atoms with Gasteiger partial charge < -0.3 is 69.7 Å². The van der Waals surface area contributed by atoms with Crippen LogP contribution in [0.2, 0.25) is 0 Å². The molecule has 8 N–H and O–H groups in total. The highest BCUT2D eigenvalue weighted by molar-refractivity contribution is 5.87. The molecule has 54 heavy (non-hydrogen) atoms. The summed E-state index contributed by atoms with van der Waals surface area (Å²) in [5.74, 6) is -5.88. The summed E-state index contributed by atoms with van der Waals surface area (Å²) < 4.78 is 35.2. The normalized spacial score (nSPS) is 47.9. The van der Waals surface area contributed by atoms with E-state index in [4.69, 9.17) is 28.4 Å². The van der Waals surface area contributed by atoms with Crippen LogP contribution in [0, 0.1) is 0 Å². The van der Waals surface area contributed by atoms with Crippen molar-refractivity contribution in [1.82, 2.24) is 20.4 Å². The molecule has 6 aliphatic rings. The Morgan fingerprint density at radius 3 is 1.31 bits per heavy atom. The number of ether oxygens (including phenoxy) is 6. The number of ketones is 2. The third-order valence-corrected chi connectivity index (χ3v) is 12.0. The van der Waals surface area contributed by atoms with Gasteiger partial charge in [0, 0.05) is 25.9 Å². The Hall–Kier alpha value is -2.08. The molecule has 0 aromatic heterocycles. The summed E-state index contributed by atoms with van der Waals surface area (Å²) in [6.07, 6.45) is -13.1. The first-order valence-corrected chi connectivity index (χ1v) is 18.6. The molecule has 0 radical (unpaired) electrons. The molecule has 4 saturated heterocycles. The lowest BCUT2D eigenvalue weighted by molar-refractivity contribution is -0.421. The van der Waals surface area contributed by atoms with Gasteiger partial charge >= 0.3 is 0 Å². The van der Waals surface area contributed by atoms with Crippen LogP contribution in [0.5, 0.6) is 0 Å². The maximum atomic E-state index is 12.8. The largest absolute Gasteiger partial charge is 0.390 e. The van der Waals surface area contributed by atoms with Gasteiger partial charge in [0.2, 0.25) is 12.6 Å². The van der Waals surface area contributed by atoms with E-state index in [0.717, 1.165) is 11.1 Å². The highest BCUT2D eigenvalue weighted by Gasteiger charge is 2.65. The van der Waals surface area contributed by atoms with Crippen molar-refractivity contribution in [2.24, 2.45) is 0 Å². The molecule has 0 bridgehead atoms. The van der Waals surface area contributed by atoms with Crippen molar-refractivity contribution in [1.29, 1.82) is 0 Å². The number of rotatable bonds is 8. The van der Waals surface area contributed by atoms with E-state index in [1.165, 1.54) is 0 Å². The zero-order valence-corrected chi connectivity index (χ0v) is 31.2. The van der Waals surface area contributed by atoms with E-state index < -0.39 is 121 Å². The van der Waals surface area contributed by atoms with E-state index in [-0.39, 0.29) is 12.8 Å². The molecule has 0 unspecified atom stereocenters. The number of aliphatic hydroxyl groups is 6. The van der Waals surface area contributed by atoms with Crippen LogP contribution in [0.4, 0.5) is 0 Å². The molecule has 302 valence electrons. The molecule has 4 heterocycles. The number of likely N-dealkylation sites (N-methyl/N-ethyl adjacent to an activating group) is 4. The monoisotopic (exact) mass is 766 g/mol. The molecule has 18 atom stereocenters. The fourth-order valence-corrected chi connectivity index (χ4v) is 9.22. The minimum Gasteiger partial charge on any atom is -0.390 e. The molecule has 18 heteroatoms. The second-order valence-electron chi connectivity index (χ2n) is 15.8. The average molecular weight is 767 g/mol. The van der Waals surface area contributed by atoms with Gasteiger partial charge in [-0.3, -0.25) is 19.4 Å². The van der Waals surface area contributed by atoms with Gasteiger partial charge in [-0.05, 0) is 53.2 Å². The summed E-state index contributed by atoms with van der Waals surface area (Å²) in [6, 6.07) is 4.34. The minimum absolute atomic E-state index is 0.0677. The van der Waals surface area contributed by atoms with Crippen molar-refractivity contribution >= 4 is 11.6 Å². The number of hydrogen-bond acceptors (Lipinski definition) is 18. The highest BCUT2D eigenvalue weighted by Crippen LogP contribution is 2.43. The van der Waals surface area contributed by atoms with Crippen molar-refractivity contribution in [3.63, 3.8) is 0 Å². The van der Waals surface area contributed by atoms with Gasteiger partial charge in [0.15, 0.2) is 11.6 Å². The van der Waals surface area contributed by atoms with Crippen molar-refractivity contribution in [3.8, 4) is 0 Å². The van der Waals surface area contributed by atoms with Gasteiger partial charge in [0.25, 0.3) is 11.6 Å². The second kappa shape index (κ2) is 15.0. The van der Waals surface area contributed by atoms with Crippen molar-refractivity contribution < 1.29 is 68.6 Å². The Morgan fingerprint density at radius 1 is 0.630 bits per heavy atom. The van der Waals surface area contributed by atoms with Gasteiger partial charge in [-0.2, -0.15) is 0 Å². The van der Waals surface area contributed by atoms with Crippen LogP contribution in [-0.4, -0.2) is 190 Å². The van der Waals surface area contributed by atoms with E-state index in [2.05, 4.69) is 10.6 Å². The third kappa shape index (κ3) is 6.66. The van der Waals surface area contributed by atoms with Crippen LogP contribution < -0.4 is 10.6 Å². The molecular weight excluding hydrogens is 712 g/mol. The Labute approximate surface area is 313 Å². The first kappa shape index (κ1) is 40.1. The molecule has 1 aromatic rings. The number of hydrogen-bond donors (Lipinski definition) is 8. The quantitative estimate of drug-likeness (QED) is 0.127. The SMILES string of the molecule is CN[C@H]1[C@@H](O)[C@@H](N(C)Cc2ccc(CN(C)[C@@H]3[C@H](O)[C@H](NC)[C@H]4O[C@@]5(O)C(=O)C[C@@H](C)O[C@H]5O[C@@H]4[C@H]3O)cc2)[C@H](O)[C@H]2O[C@@H]3O[C@H](C)CC(=O)[C@]3(O)O[C@H]12. The fraction of sp³-hybridized carbons (Fsp3) is 0.778. The maximum absolute atomic E-state index is 12.8. The lowest BCUT2D eigenvalue weighted by Crippen LogP contribution is -2.77. The number of carbonyl (C=O) groups is 2. The summed E-state index contributed by atoms with van der Waals surface area (Å²) in [4.78, 5) is 29.1. The lowest BCUT2D eigenvalue weighted by Gasteiger charge is -2.56. The number of Topliss-reactive ketones (excluding diaryl/α,β-unsaturated/α-hetero) is 2. The predicted octanol–water partition coefficient (Wildman–Crippen LogP) is -3.71. The van der Waals surface area contributed by atoms with Crippen LogP contribution in [0.1, 0.15) is 37.8 Å². The Balaban J connectivity index is 1.01. The lowest BCUT2D eigenvalue weighted by atomic mass is 9.79. The van der Waals surface area contributed by atoms with E-state index in [1.807, 2.05) is 24.3 Å². The zero-order valence-electron chi connectivity index (χ0n) is 31.2. The summed E-state index contributed by atoms with van der Waals surface area (Å²) >= 11 is 0. The van der Waals surface area contributed by atoms with Gasteiger partial charge in [-0.1, -0.05) is 24.3 Å². The molecule has 1 aromatic carbocycles. The molecule has 6 fully saturated rings. The van der Waals surface area contributed by atoms with Crippen LogP contribution in [0.25, 0.3) is 0 Å². The predicted molar refractivity (Wildman–Crippen MR) is 184 cm³/mol. The molecule has 7 rings (SSSR count). The number of nitrogens with one attached hydrogen (secondary N) is 2. The zero-order chi connectivity index (χ0) is 39.0. The van der Waals surface area contributed by atoms with Crippen molar-refractivity contribution in [3.05, 3.63) is 35.4 Å². The molecule has 4 aliphatic heterocycles. The highest BCUT2D eigenvalue weighted by atomic mass is 16.8. The van der Waals surface area contributed by atoms with Gasteiger partial charge in [0.05, 0.1) is 48.6 Å². The van der Waals surface area contributed by atoms with Gasteiger partial charge in [-0.15, -0.1) is 0 Å². The third-order valence-electron chi connectivity index (χ3n) is 12.0. The van der Waals surface area contributed by atoms with Crippen molar-refractivity contribution in [2.45, 2.75) is 149 Å². The van der Waals surface area contributed by atoms with Crippen molar-refractivity contribution in [2.75, 3.05) is 28.2 Å². The Bertz CT molecular complexity index is 1430. The maximum Gasteiger partial charge on any atom is 0.280 e. The van der Waals surface area contributed by atoms with E-state index in [1.54, 1.807) is 51.8 Å². The molecule has 0 amide bonds. The number of carbonyl (C=O) groups excluding carboxylic acids is 2. The smallest absolute Gasteiger partial charge is 0.280 e. The molecule has 2 saturated carbocycles. The standard InChI is InChI=1S/C36H54N4O14/c1-15-11-19(41)35(47)33(49-15)51-31-27(45)23(25(43)21(37-3)29(31)53-35)39(5)13-17-7-9-18(10-8-17)14-40(6)24-26(44)22(38-4)30-32(28(24)46)52-34-36(48,54-30)20(42)12-16(2)50-34/h7-10,15-16,21-34,37-38,43-48H,11-14H2,1-6H3/t15-,16-,21+,22+,23-,24-,25-,26-,27+,28+,29-,30-,31-,32-,33+,34+,35+,36+/m1/s1. The number of fused-ring (bicyclic) bond motifs is 4. The Morgan fingerprint density at radius 2 is 0.981 bits per heavy atom. The fourth-order valence-electron chi connectivity index (χ4n) is 9.22. The first-order valence-electron chi connectivity index (χ1n) is 18.6. The average Bonchev–Trinajstić information content (AvgIpc) is 3.10. The van der Waals surface area contributed by atoms with E-state index in [0.29, 0.717) is 13.1 Å². The van der Waals surface area contributed by atoms with Crippen LogP contribution in [0.3, 0.4) is 0 Å². The van der Waals surface area contributed by atoms with Crippen LogP contribution in [-0.2, 0) is 51.1 Å². The summed E-state index contributed by atoms with van der Waals surface area (Å²) in [5, 5.41) is 74.3. The first-order chi connectivity index (χ1) is 25.5. The molecule has 2 aliphatic carbocycles. The molecule has 0 spiro atoms. The van der Waals surface area contributed by atoms with E-state index in [9.17, 15) is 40.2 Å². The molecule has 18 nitrogen and oxygen atoms in total. The number of nitrogens with zero attached hydrogens (tertiary/aromatic N) is 2. The number of aliphatic hydroxyl groups excluding tert-OH is 4. The van der Waals surface area contributed by atoms with Gasteiger partial charge in [0.1, 0.15) is 36.6 Å². The van der Waals surface area contributed by atoms with Gasteiger partial charge in [-0.25, -0.2) is 0 Å². The minimum atomic E-state index is -2.35. The van der Waals surface area contributed by atoms with E-state index >= 15 is 0 Å². The Kier molecular flexibility index (Phi) is 11.2. The molecular formula is C36H54N4O14. The topological polar surface area (TPSA) is 241 Å². The van der Waals surface area contributed by atoms with Crippen LogP contribution in [0.15, 0.2) is 24.3 Å². The van der Waals surface area contributed by atoms with Crippen LogP contribution >= 0.6 is 0 Å².